The summed E-state index contributed by atoms with van der Waals surface area (Å²) in [4.78, 5) is 0. The number of hydrogen-bond donors (Lipinski definition) is 2. The molecule has 2 fully saturated rings. The Kier molecular flexibility index (Phi) is 6.05. The van der Waals surface area contributed by atoms with Crippen LogP contribution in [0.5, 0.6) is 0 Å². The molecule has 0 radical (unpaired) electrons. The van der Waals surface area contributed by atoms with Crippen molar-refractivity contribution in [3.8, 4) is 0 Å². The van der Waals surface area contributed by atoms with Crippen LogP contribution in [0.2, 0.25) is 0 Å². The molecule has 5 nitrogen and oxygen atoms in total. The van der Waals surface area contributed by atoms with Crippen LogP contribution in [0.1, 0.15) is 52.9 Å². The van der Waals surface area contributed by atoms with Crippen LogP contribution < -0.4 is 10.0 Å². The predicted octanol–water partition coefficient (Wildman–Crippen LogP) is 1.72. The zero-order valence-electron chi connectivity index (χ0n) is 13.6. The summed E-state index contributed by atoms with van der Waals surface area (Å²) in [7, 11) is -3.31. The molecule has 0 aromatic rings. The van der Waals surface area contributed by atoms with E-state index in [0.29, 0.717) is 31.0 Å². The van der Waals surface area contributed by atoms with Gasteiger partial charge in [0.15, 0.2) is 0 Å². The van der Waals surface area contributed by atoms with Gasteiger partial charge in [0.1, 0.15) is 0 Å². The van der Waals surface area contributed by atoms with Crippen molar-refractivity contribution in [2.75, 3.05) is 19.6 Å². The minimum atomic E-state index is -3.31. The van der Waals surface area contributed by atoms with Crippen LogP contribution >= 0.6 is 0 Å². The van der Waals surface area contributed by atoms with E-state index in [9.17, 15) is 8.42 Å². The molecule has 1 aliphatic carbocycles. The summed E-state index contributed by atoms with van der Waals surface area (Å²) >= 11 is 0. The van der Waals surface area contributed by atoms with Crippen molar-refractivity contribution in [1.29, 1.82) is 0 Å². The maximum Gasteiger partial charge on any atom is 0.279 e. The molecule has 2 rings (SSSR count). The highest BCUT2D eigenvalue weighted by atomic mass is 32.2. The van der Waals surface area contributed by atoms with Crippen molar-refractivity contribution in [2.45, 2.75) is 65.0 Å². The van der Waals surface area contributed by atoms with Crippen LogP contribution in [0, 0.1) is 11.8 Å². The van der Waals surface area contributed by atoms with Crippen LogP contribution in [0.4, 0.5) is 0 Å². The average Bonchev–Trinajstić information content (AvgIpc) is 2.81. The fraction of sp³-hybridized carbons (Fsp3) is 1.00. The monoisotopic (exact) mass is 317 g/mol. The number of nitrogens with zero attached hydrogens (tertiary/aromatic N) is 1. The highest BCUT2D eigenvalue weighted by Gasteiger charge is 2.32. The van der Waals surface area contributed by atoms with Crippen LogP contribution in [0.15, 0.2) is 0 Å². The maximum atomic E-state index is 12.5. The molecule has 1 aliphatic heterocycles. The second kappa shape index (κ2) is 7.40. The molecule has 0 aromatic carbocycles. The molecule has 0 aromatic heterocycles. The lowest BCUT2D eigenvalue weighted by molar-refractivity contribution is 0.253. The van der Waals surface area contributed by atoms with Gasteiger partial charge in [0.25, 0.3) is 10.2 Å². The van der Waals surface area contributed by atoms with Gasteiger partial charge >= 0.3 is 0 Å². The first-order chi connectivity index (χ1) is 9.87. The number of piperidine rings is 1. The minimum absolute atomic E-state index is 0.138. The molecule has 1 saturated carbocycles. The quantitative estimate of drug-likeness (QED) is 0.784. The molecule has 21 heavy (non-hydrogen) atoms. The van der Waals surface area contributed by atoms with Crippen LogP contribution in [-0.2, 0) is 10.2 Å². The largest absolute Gasteiger partial charge is 0.314 e. The first kappa shape index (κ1) is 17.2. The molecule has 0 spiro atoms. The lowest BCUT2D eigenvalue weighted by Gasteiger charge is -2.33. The summed E-state index contributed by atoms with van der Waals surface area (Å²) in [6, 6.07) is 0.592. The Bertz CT molecular complexity index is 425. The Morgan fingerprint density at radius 1 is 1.24 bits per heavy atom. The molecule has 1 saturated heterocycles. The molecular formula is C15H31N3O2S. The van der Waals surface area contributed by atoms with Crippen LogP contribution in [-0.4, -0.2) is 44.4 Å². The third-order valence-electron chi connectivity index (χ3n) is 4.65. The first-order valence-corrected chi connectivity index (χ1v) is 9.81. The van der Waals surface area contributed by atoms with Gasteiger partial charge in [0.05, 0.1) is 0 Å². The van der Waals surface area contributed by atoms with Gasteiger partial charge in [-0.05, 0) is 50.5 Å². The highest BCUT2D eigenvalue weighted by molar-refractivity contribution is 7.87. The molecule has 2 N–H and O–H groups in total. The Labute approximate surface area is 130 Å². The van der Waals surface area contributed by atoms with Gasteiger partial charge in [-0.1, -0.05) is 20.8 Å². The highest BCUT2D eigenvalue weighted by Crippen LogP contribution is 2.26. The van der Waals surface area contributed by atoms with E-state index in [1.807, 2.05) is 0 Å². The van der Waals surface area contributed by atoms with Gasteiger partial charge in [-0.3, -0.25) is 0 Å². The molecule has 124 valence electrons. The Morgan fingerprint density at radius 3 is 2.62 bits per heavy atom. The summed E-state index contributed by atoms with van der Waals surface area (Å²) in [5.41, 5.74) is 0. The van der Waals surface area contributed by atoms with E-state index in [1.54, 1.807) is 4.31 Å². The summed E-state index contributed by atoms with van der Waals surface area (Å²) in [5, 5.41) is 3.42. The van der Waals surface area contributed by atoms with Crippen molar-refractivity contribution in [2.24, 2.45) is 11.8 Å². The van der Waals surface area contributed by atoms with Crippen molar-refractivity contribution in [1.82, 2.24) is 14.3 Å². The topological polar surface area (TPSA) is 61.4 Å². The maximum absolute atomic E-state index is 12.5. The van der Waals surface area contributed by atoms with Gasteiger partial charge < -0.3 is 5.32 Å². The van der Waals surface area contributed by atoms with E-state index in [4.69, 9.17) is 0 Å². The first-order valence-electron chi connectivity index (χ1n) is 8.37. The second-order valence-electron chi connectivity index (χ2n) is 7.17. The molecule has 3 unspecified atom stereocenters. The van der Waals surface area contributed by atoms with Gasteiger partial charge in [0, 0.05) is 25.2 Å². The predicted molar refractivity (Wildman–Crippen MR) is 86.3 cm³/mol. The number of hydrogen-bond acceptors (Lipinski definition) is 3. The Balaban J connectivity index is 1.86. The van der Waals surface area contributed by atoms with Crippen LogP contribution in [0.25, 0.3) is 0 Å². The van der Waals surface area contributed by atoms with E-state index < -0.39 is 10.2 Å². The fourth-order valence-electron chi connectivity index (χ4n) is 3.41. The van der Waals surface area contributed by atoms with Crippen molar-refractivity contribution >= 4 is 10.2 Å². The van der Waals surface area contributed by atoms with E-state index in [1.165, 1.54) is 0 Å². The van der Waals surface area contributed by atoms with Crippen molar-refractivity contribution < 1.29 is 8.42 Å². The number of rotatable bonds is 6. The summed E-state index contributed by atoms with van der Waals surface area (Å²) in [6.07, 6.45) is 5.17. The third kappa shape index (κ3) is 5.20. The lowest BCUT2D eigenvalue weighted by atomic mass is 9.99. The Hall–Kier alpha value is -0.170. The molecule has 0 amide bonds. The summed E-state index contributed by atoms with van der Waals surface area (Å²) < 4.78 is 29.6. The molecular weight excluding hydrogens is 286 g/mol. The van der Waals surface area contributed by atoms with E-state index in [2.05, 4.69) is 30.8 Å². The third-order valence-corrected chi connectivity index (χ3v) is 6.29. The zero-order valence-corrected chi connectivity index (χ0v) is 14.5. The van der Waals surface area contributed by atoms with Gasteiger partial charge in [-0.25, -0.2) is 0 Å². The van der Waals surface area contributed by atoms with E-state index in [0.717, 1.165) is 38.6 Å². The van der Waals surface area contributed by atoms with E-state index >= 15 is 0 Å². The van der Waals surface area contributed by atoms with Crippen molar-refractivity contribution in [3.05, 3.63) is 0 Å². The zero-order chi connectivity index (χ0) is 15.5. The smallest absolute Gasteiger partial charge is 0.279 e. The number of nitrogens with one attached hydrogen (secondary N) is 2. The van der Waals surface area contributed by atoms with Crippen molar-refractivity contribution in [3.63, 3.8) is 0 Å². The molecule has 1 heterocycles. The summed E-state index contributed by atoms with van der Waals surface area (Å²) in [6.45, 7) is 8.67. The molecule has 2 aliphatic rings. The van der Waals surface area contributed by atoms with Gasteiger partial charge in [0.2, 0.25) is 0 Å². The van der Waals surface area contributed by atoms with Crippen LogP contribution in [0.3, 0.4) is 0 Å². The van der Waals surface area contributed by atoms with Gasteiger partial charge in [-0.15, -0.1) is 0 Å². The minimum Gasteiger partial charge on any atom is -0.314 e. The normalized spacial score (nSPS) is 31.9. The SMILES string of the molecule is CC1CCC(NS(=O)(=O)N2CCCC(CNC(C)C)C2)C1. The Morgan fingerprint density at radius 2 is 2.00 bits per heavy atom. The second-order valence-corrected chi connectivity index (χ2v) is 8.87. The van der Waals surface area contributed by atoms with E-state index in [-0.39, 0.29) is 6.04 Å². The molecule has 6 heteroatoms. The average molecular weight is 317 g/mol. The standard InChI is InChI=1S/C15H31N3O2S/c1-12(2)16-10-14-5-4-8-18(11-14)21(19,20)17-15-7-6-13(3)9-15/h12-17H,4-11H2,1-3H3. The lowest BCUT2D eigenvalue weighted by Crippen LogP contribution is -2.50. The fourth-order valence-corrected chi connectivity index (χ4v) is 4.97. The molecule has 3 atom stereocenters. The molecule has 0 bridgehead atoms. The van der Waals surface area contributed by atoms with Gasteiger partial charge in [-0.2, -0.15) is 17.4 Å². The summed E-state index contributed by atoms with van der Waals surface area (Å²) in [5.74, 6) is 1.07.